The van der Waals surface area contributed by atoms with Gasteiger partial charge in [-0.2, -0.15) is 0 Å². The number of fused-ring (bicyclic) bond motifs is 1. The summed E-state index contributed by atoms with van der Waals surface area (Å²) in [4.78, 5) is 8.58. The number of hydrogen-bond donors (Lipinski definition) is 0. The molecule has 1 atom stereocenters. The quantitative estimate of drug-likeness (QED) is 0.601. The maximum absolute atomic E-state index is 13.1. The van der Waals surface area contributed by atoms with Crippen molar-refractivity contribution in [1.29, 1.82) is 0 Å². The third-order valence-electron chi connectivity index (χ3n) is 5.66. The highest BCUT2D eigenvalue weighted by Crippen LogP contribution is 2.49. The summed E-state index contributed by atoms with van der Waals surface area (Å²) < 4.78 is 26.2. The summed E-state index contributed by atoms with van der Waals surface area (Å²) in [6.07, 6.45) is 7.56. The van der Waals surface area contributed by atoms with Gasteiger partial charge in [-0.15, -0.1) is 11.3 Å². The lowest BCUT2D eigenvalue weighted by molar-refractivity contribution is -0.0868. The Bertz CT molecular complexity index is 535. The van der Waals surface area contributed by atoms with Crippen LogP contribution < -0.4 is 0 Å². The van der Waals surface area contributed by atoms with Gasteiger partial charge in [0, 0.05) is 36.7 Å². The summed E-state index contributed by atoms with van der Waals surface area (Å²) in [5, 5.41) is 0.960. The van der Waals surface area contributed by atoms with Gasteiger partial charge in [0.05, 0.1) is 10.7 Å². The number of alkyl halides is 2. The number of unbranched alkanes of at least 4 members (excludes halogenated alkanes) is 1. The molecule has 2 aliphatic rings. The van der Waals surface area contributed by atoms with Gasteiger partial charge in [-0.05, 0) is 25.3 Å². The van der Waals surface area contributed by atoms with Crippen molar-refractivity contribution in [3.05, 3.63) is 15.6 Å². The summed E-state index contributed by atoms with van der Waals surface area (Å²) in [7, 11) is 0. The largest absolute Gasteiger partial charge is 0.297 e. The monoisotopic (exact) mass is 356 g/mol. The van der Waals surface area contributed by atoms with E-state index in [1.165, 1.54) is 37.0 Å². The predicted molar refractivity (Wildman–Crippen MR) is 95.9 cm³/mol. The van der Waals surface area contributed by atoms with Crippen LogP contribution in [0, 0.1) is 5.92 Å². The van der Waals surface area contributed by atoms with E-state index in [1.807, 2.05) is 0 Å². The molecule has 1 fully saturated rings. The highest BCUT2D eigenvalue weighted by Gasteiger charge is 2.47. The molecule has 1 saturated carbocycles. The van der Waals surface area contributed by atoms with Crippen LogP contribution in [-0.4, -0.2) is 28.9 Å². The van der Waals surface area contributed by atoms with Crippen molar-refractivity contribution >= 4 is 11.3 Å². The van der Waals surface area contributed by atoms with Crippen molar-refractivity contribution in [2.45, 2.75) is 83.6 Å². The molecule has 0 bridgehead atoms. The van der Waals surface area contributed by atoms with E-state index >= 15 is 0 Å². The Kier molecular flexibility index (Phi) is 5.91. The van der Waals surface area contributed by atoms with Crippen molar-refractivity contribution in [3.8, 4) is 0 Å². The van der Waals surface area contributed by atoms with Crippen LogP contribution in [0.15, 0.2) is 0 Å². The molecule has 24 heavy (non-hydrogen) atoms. The van der Waals surface area contributed by atoms with E-state index in [1.54, 1.807) is 11.3 Å². The fourth-order valence-corrected chi connectivity index (χ4v) is 5.05. The molecule has 1 aliphatic carbocycles. The van der Waals surface area contributed by atoms with Gasteiger partial charge in [0.15, 0.2) is 0 Å². The van der Waals surface area contributed by atoms with Crippen molar-refractivity contribution in [2.24, 2.45) is 5.92 Å². The molecule has 0 radical (unpaired) electrons. The lowest BCUT2D eigenvalue weighted by Gasteiger charge is -2.33. The molecular formula is C19H30F2N2S. The first-order chi connectivity index (χ1) is 11.5. The van der Waals surface area contributed by atoms with Gasteiger partial charge in [-0.3, -0.25) is 4.90 Å². The van der Waals surface area contributed by atoms with Crippen LogP contribution in [0.5, 0.6) is 0 Å². The maximum Gasteiger partial charge on any atom is 0.249 e. The van der Waals surface area contributed by atoms with Crippen molar-refractivity contribution < 1.29 is 8.78 Å². The molecule has 0 aromatic carbocycles. The molecule has 1 aliphatic heterocycles. The van der Waals surface area contributed by atoms with Crippen LogP contribution in [0.2, 0.25) is 0 Å². The Labute approximate surface area is 148 Å². The van der Waals surface area contributed by atoms with Crippen molar-refractivity contribution in [3.63, 3.8) is 0 Å². The summed E-state index contributed by atoms with van der Waals surface area (Å²) in [5.74, 6) is -1.60. The normalized spacial score (nSPS) is 22.2. The first-order valence-corrected chi connectivity index (χ1v) is 10.4. The van der Waals surface area contributed by atoms with Crippen LogP contribution in [0.25, 0.3) is 0 Å². The topological polar surface area (TPSA) is 16.1 Å². The zero-order chi connectivity index (χ0) is 17.2. The van der Waals surface area contributed by atoms with Crippen LogP contribution >= 0.6 is 11.3 Å². The second-order valence-electron chi connectivity index (χ2n) is 7.61. The summed E-state index contributed by atoms with van der Waals surface area (Å²) in [6.45, 7) is 7.72. The molecule has 0 spiro atoms. The molecule has 1 aromatic heterocycles. The number of halogens is 2. The Morgan fingerprint density at radius 1 is 1.29 bits per heavy atom. The third kappa shape index (κ3) is 4.34. The average Bonchev–Trinajstić information content (AvgIpc) is 2.95. The second-order valence-corrected chi connectivity index (χ2v) is 8.73. The molecule has 0 saturated heterocycles. The van der Waals surface area contributed by atoms with E-state index in [0.29, 0.717) is 0 Å². The molecule has 3 rings (SSSR count). The highest BCUT2D eigenvalue weighted by molar-refractivity contribution is 7.11. The predicted octanol–water partition coefficient (Wildman–Crippen LogP) is 5.62. The van der Waals surface area contributed by atoms with Crippen LogP contribution in [0.3, 0.4) is 0 Å². The second kappa shape index (κ2) is 7.77. The van der Waals surface area contributed by atoms with E-state index in [-0.39, 0.29) is 18.8 Å². The summed E-state index contributed by atoms with van der Waals surface area (Å²) in [6, 6.07) is 0. The minimum atomic E-state index is -2.45. The minimum Gasteiger partial charge on any atom is -0.297 e. The van der Waals surface area contributed by atoms with Gasteiger partial charge in [0.1, 0.15) is 0 Å². The highest BCUT2D eigenvalue weighted by atomic mass is 32.1. The van der Waals surface area contributed by atoms with E-state index in [2.05, 4.69) is 18.7 Å². The molecule has 0 N–H and O–H groups in total. The average molecular weight is 357 g/mol. The number of nitrogens with zero attached hydrogens (tertiary/aromatic N) is 2. The van der Waals surface area contributed by atoms with Gasteiger partial charge in [-0.25, -0.2) is 13.8 Å². The smallest absolute Gasteiger partial charge is 0.249 e. The van der Waals surface area contributed by atoms with Crippen LogP contribution in [0.4, 0.5) is 8.78 Å². The molecule has 2 nitrogen and oxygen atoms in total. The molecular weight excluding hydrogens is 326 g/mol. The molecule has 2 heterocycles. The lowest BCUT2D eigenvalue weighted by atomic mass is 9.82. The fourth-order valence-electron chi connectivity index (χ4n) is 3.88. The first-order valence-electron chi connectivity index (χ1n) is 9.59. The van der Waals surface area contributed by atoms with Gasteiger partial charge >= 0.3 is 0 Å². The zero-order valence-electron chi connectivity index (χ0n) is 15.0. The molecule has 1 aromatic rings. The van der Waals surface area contributed by atoms with Gasteiger partial charge in [-0.1, -0.05) is 39.5 Å². The Morgan fingerprint density at radius 2 is 2.08 bits per heavy atom. The Hall–Kier alpha value is -0.550. The van der Waals surface area contributed by atoms with Crippen molar-refractivity contribution in [2.75, 3.05) is 13.1 Å². The standard InChI is InChI=1S/C19H30F2N2S/c1-3-5-6-14(4-2)7-9-23-10-8-17-16(13-23)22-18(24-17)15-11-19(20,21)12-15/h14-15H,3-13H2,1-2H3. The van der Waals surface area contributed by atoms with Gasteiger partial charge < -0.3 is 0 Å². The van der Waals surface area contributed by atoms with Crippen LogP contribution in [0.1, 0.15) is 80.3 Å². The Balaban J connectivity index is 1.50. The van der Waals surface area contributed by atoms with E-state index < -0.39 is 5.92 Å². The van der Waals surface area contributed by atoms with Crippen LogP contribution in [-0.2, 0) is 13.0 Å². The third-order valence-corrected chi connectivity index (χ3v) is 6.98. The zero-order valence-corrected chi connectivity index (χ0v) is 15.8. The van der Waals surface area contributed by atoms with E-state index in [9.17, 15) is 8.78 Å². The molecule has 5 heteroatoms. The van der Waals surface area contributed by atoms with Gasteiger partial charge in [0.2, 0.25) is 5.92 Å². The molecule has 0 amide bonds. The van der Waals surface area contributed by atoms with E-state index in [4.69, 9.17) is 4.98 Å². The number of thiazole rings is 1. The molecule has 136 valence electrons. The van der Waals surface area contributed by atoms with E-state index in [0.717, 1.165) is 42.7 Å². The number of rotatable bonds is 8. The summed E-state index contributed by atoms with van der Waals surface area (Å²) in [5.41, 5.74) is 1.16. The molecule has 1 unspecified atom stereocenters. The van der Waals surface area contributed by atoms with Gasteiger partial charge in [0.25, 0.3) is 0 Å². The minimum absolute atomic E-state index is 0.00127. The fraction of sp³-hybridized carbons (Fsp3) is 0.842. The SMILES string of the molecule is CCCCC(CC)CCN1CCc2sc(C3CC(F)(F)C3)nc2C1. The van der Waals surface area contributed by atoms with Crippen molar-refractivity contribution in [1.82, 2.24) is 9.88 Å². The first kappa shape index (κ1) is 18.2. The number of aromatic nitrogens is 1. The lowest BCUT2D eigenvalue weighted by Crippen LogP contribution is -2.33. The Morgan fingerprint density at radius 3 is 2.75 bits per heavy atom. The number of hydrogen-bond acceptors (Lipinski definition) is 3. The summed E-state index contributed by atoms with van der Waals surface area (Å²) >= 11 is 1.69. The maximum atomic E-state index is 13.1.